The number of thioether (sulfide) groups is 1. The highest BCUT2D eigenvalue weighted by Gasteiger charge is 2.47. The Balaban J connectivity index is 1.46. The van der Waals surface area contributed by atoms with Gasteiger partial charge in [0.15, 0.2) is 0 Å². The molecule has 0 bridgehead atoms. The molecule has 2 aliphatic heterocycles. The van der Waals surface area contributed by atoms with Crippen molar-refractivity contribution in [1.82, 2.24) is 9.55 Å². The van der Waals surface area contributed by atoms with E-state index in [4.69, 9.17) is 4.98 Å². The van der Waals surface area contributed by atoms with E-state index < -0.39 is 0 Å². The highest BCUT2D eigenvalue weighted by atomic mass is 32.2. The van der Waals surface area contributed by atoms with Crippen molar-refractivity contribution in [3.05, 3.63) is 121 Å². The predicted octanol–water partition coefficient (Wildman–Crippen LogP) is 6.21. The Morgan fingerprint density at radius 2 is 1.63 bits per heavy atom. The average Bonchev–Trinajstić information content (AvgIpc) is 3.35. The van der Waals surface area contributed by atoms with E-state index in [1.54, 1.807) is 0 Å². The first-order valence-corrected chi connectivity index (χ1v) is 11.1. The fraction of sp³-hybridized carbons (Fsp3) is 0.115. The molecule has 0 N–H and O–H groups in total. The summed E-state index contributed by atoms with van der Waals surface area (Å²) in [5.74, 6) is 0.982. The van der Waals surface area contributed by atoms with Crippen molar-refractivity contribution in [1.29, 1.82) is 0 Å². The van der Waals surface area contributed by atoms with E-state index in [0.29, 0.717) is 0 Å². The van der Waals surface area contributed by atoms with Crippen LogP contribution in [0.15, 0.2) is 115 Å². The Morgan fingerprint density at radius 3 is 2.37 bits per heavy atom. The third-order valence-electron chi connectivity index (χ3n) is 5.94. The summed E-state index contributed by atoms with van der Waals surface area (Å²) in [7, 11) is 0. The molecule has 1 atom stereocenters. The first-order valence-electron chi connectivity index (χ1n) is 10.3. The van der Waals surface area contributed by atoms with Crippen LogP contribution in [0.3, 0.4) is 0 Å². The van der Waals surface area contributed by atoms with Gasteiger partial charge in [-0.2, -0.15) is 0 Å². The van der Waals surface area contributed by atoms with Crippen molar-refractivity contribution < 1.29 is 0 Å². The second-order valence-electron chi connectivity index (χ2n) is 7.67. The first-order chi connectivity index (χ1) is 14.9. The maximum absolute atomic E-state index is 4.85. The molecule has 1 unspecified atom stereocenters. The second-order valence-corrected chi connectivity index (χ2v) is 8.80. The van der Waals surface area contributed by atoms with E-state index in [-0.39, 0.29) is 10.8 Å². The molecule has 1 aliphatic carbocycles. The van der Waals surface area contributed by atoms with Crippen LogP contribution >= 0.6 is 11.8 Å². The van der Waals surface area contributed by atoms with Gasteiger partial charge in [0.05, 0.1) is 17.1 Å². The monoisotopic (exact) mass is 407 g/mol. The normalized spacial score (nSPS) is 20.8. The summed E-state index contributed by atoms with van der Waals surface area (Å²) in [5, 5.41) is 1.37. The fourth-order valence-corrected chi connectivity index (χ4v) is 5.80. The quantitative estimate of drug-likeness (QED) is 0.379. The van der Waals surface area contributed by atoms with Gasteiger partial charge in [-0.1, -0.05) is 96.7 Å². The maximum atomic E-state index is 4.85. The van der Waals surface area contributed by atoms with Crippen LogP contribution in [0.25, 0.3) is 5.70 Å². The minimum absolute atomic E-state index is 0.201. The number of benzene rings is 2. The number of anilines is 1. The lowest BCUT2D eigenvalue weighted by Crippen LogP contribution is -2.41. The van der Waals surface area contributed by atoms with Gasteiger partial charge in [-0.15, -0.1) is 0 Å². The van der Waals surface area contributed by atoms with Crippen LogP contribution in [0.1, 0.15) is 22.8 Å². The summed E-state index contributed by atoms with van der Waals surface area (Å²) in [6.45, 7) is 0. The van der Waals surface area contributed by atoms with Crippen LogP contribution in [0.4, 0.5) is 5.95 Å². The molecule has 3 aliphatic rings. The van der Waals surface area contributed by atoms with Crippen LogP contribution < -0.4 is 4.90 Å². The average molecular weight is 408 g/mol. The molecule has 146 valence electrons. The van der Waals surface area contributed by atoms with Crippen molar-refractivity contribution in [3.8, 4) is 0 Å². The van der Waals surface area contributed by atoms with Crippen molar-refractivity contribution in [2.45, 2.75) is 22.2 Å². The van der Waals surface area contributed by atoms with Crippen LogP contribution in [-0.2, 0) is 0 Å². The molecule has 2 aromatic carbocycles. The number of hydrogen-bond acceptors (Lipinski definition) is 3. The minimum atomic E-state index is -0.249. The van der Waals surface area contributed by atoms with Gasteiger partial charge in [0.25, 0.3) is 0 Å². The number of aromatic nitrogens is 2. The lowest BCUT2D eigenvalue weighted by molar-refractivity contribution is 0.779. The lowest BCUT2D eigenvalue weighted by atomic mass is 9.88. The Hall–Kier alpha value is -3.24. The number of fused-ring (bicyclic) bond motifs is 3. The van der Waals surface area contributed by atoms with Gasteiger partial charge in [-0.05, 0) is 29.7 Å². The van der Waals surface area contributed by atoms with Crippen molar-refractivity contribution in [3.63, 3.8) is 0 Å². The topological polar surface area (TPSA) is 21.1 Å². The number of hydrogen-bond donors (Lipinski definition) is 0. The number of imidazole rings is 1. The van der Waals surface area contributed by atoms with E-state index in [1.165, 1.54) is 21.8 Å². The smallest absolute Gasteiger partial charge is 0.216 e. The van der Waals surface area contributed by atoms with Gasteiger partial charge in [-0.3, -0.25) is 9.47 Å². The minimum Gasteiger partial charge on any atom is -0.300 e. The fourth-order valence-electron chi connectivity index (χ4n) is 4.58. The summed E-state index contributed by atoms with van der Waals surface area (Å²) in [6.07, 6.45) is 18.5. The molecule has 3 heterocycles. The molecule has 6 rings (SSSR count). The van der Waals surface area contributed by atoms with E-state index in [9.17, 15) is 0 Å². The number of nitrogens with zero attached hydrogens (tertiary/aromatic N) is 3. The second kappa shape index (κ2) is 6.92. The van der Waals surface area contributed by atoms with Crippen LogP contribution in [0.2, 0.25) is 0 Å². The van der Waals surface area contributed by atoms with E-state index >= 15 is 0 Å². The molecule has 1 aromatic heterocycles. The third-order valence-corrected chi connectivity index (χ3v) is 7.24. The zero-order chi connectivity index (χ0) is 20.0. The Bertz CT molecular complexity index is 1160. The molecule has 0 saturated heterocycles. The summed E-state index contributed by atoms with van der Waals surface area (Å²) >= 11 is 1.87. The molecule has 0 fully saturated rings. The van der Waals surface area contributed by atoms with Gasteiger partial charge in [0.1, 0.15) is 10.6 Å². The van der Waals surface area contributed by atoms with E-state index in [0.717, 1.165) is 12.4 Å². The van der Waals surface area contributed by atoms with Gasteiger partial charge in [0.2, 0.25) is 5.95 Å². The molecule has 3 nitrogen and oxygen atoms in total. The first kappa shape index (κ1) is 17.6. The summed E-state index contributed by atoms with van der Waals surface area (Å²) in [6, 6.07) is 21.5. The standard InChI is InChI=1S/C26H21N3S/c1-3-11-20(12-4-1)24(21-13-5-2-6-14-21)30-23-19-27-25-28-18-10-9-17-26(28)16-8-7-15-22(26)29(23)25/h1-6,8-19,24H,7H2. The molecular formula is C26H21N3S. The summed E-state index contributed by atoms with van der Waals surface area (Å²) < 4.78 is 2.34. The lowest BCUT2D eigenvalue weighted by Gasteiger charge is -2.35. The molecule has 0 amide bonds. The van der Waals surface area contributed by atoms with Crippen LogP contribution in [0.5, 0.6) is 0 Å². The predicted molar refractivity (Wildman–Crippen MR) is 124 cm³/mol. The van der Waals surface area contributed by atoms with Gasteiger partial charge in [-0.25, -0.2) is 4.98 Å². The molecule has 1 spiro atoms. The number of allylic oxidation sites excluding steroid dienone is 4. The highest BCUT2D eigenvalue weighted by Crippen LogP contribution is 2.51. The largest absolute Gasteiger partial charge is 0.300 e. The third kappa shape index (κ3) is 2.57. The highest BCUT2D eigenvalue weighted by molar-refractivity contribution is 7.99. The molecule has 30 heavy (non-hydrogen) atoms. The molecule has 0 radical (unpaired) electrons. The SMILES string of the molecule is C1=CN2c3ncc(SC(c4ccccc4)c4ccccc4)n3C3=CCC=CC32C=C1. The zero-order valence-corrected chi connectivity index (χ0v) is 17.2. The summed E-state index contributed by atoms with van der Waals surface area (Å²) in [4.78, 5) is 7.12. The van der Waals surface area contributed by atoms with Crippen molar-refractivity contribution in [2.75, 3.05) is 4.90 Å². The molecule has 0 saturated carbocycles. The van der Waals surface area contributed by atoms with E-state index in [2.05, 4.69) is 113 Å². The van der Waals surface area contributed by atoms with Crippen molar-refractivity contribution >= 4 is 23.4 Å². The van der Waals surface area contributed by atoms with Crippen LogP contribution in [-0.4, -0.2) is 15.1 Å². The summed E-state index contributed by atoms with van der Waals surface area (Å²) in [5.41, 5.74) is 3.63. The zero-order valence-electron chi connectivity index (χ0n) is 16.4. The maximum Gasteiger partial charge on any atom is 0.216 e. The van der Waals surface area contributed by atoms with Crippen molar-refractivity contribution in [2.24, 2.45) is 0 Å². The van der Waals surface area contributed by atoms with Gasteiger partial charge >= 0.3 is 0 Å². The Labute approximate surface area is 180 Å². The van der Waals surface area contributed by atoms with E-state index in [1.807, 2.05) is 18.0 Å². The van der Waals surface area contributed by atoms with Gasteiger partial charge < -0.3 is 0 Å². The molecule has 4 heteroatoms. The van der Waals surface area contributed by atoms with Crippen LogP contribution in [0, 0.1) is 0 Å². The number of rotatable bonds is 4. The Kier molecular flexibility index (Phi) is 4.06. The Morgan fingerprint density at radius 1 is 0.900 bits per heavy atom. The van der Waals surface area contributed by atoms with Gasteiger partial charge in [0, 0.05) is 6.20 Å². The molecule has 3 aromatic rings. The molecular weight excluding hydrogens is 386 g/mol.